The van der Waals surface area contributed by atoms with Crippen molar-refractivity contribution in [3.05, 3.63) is 35.4 Å². The van der Waals surface area contributed by atoms with Gasteiger partial charge in [0.2, 0.25) is 0 Å². The molecular formula is C20H23F2NO5. The van der Waals surface area contributed by atoms with E-state index in [9.17, 15) is 23.2 Å². The highest BCUT2D eigenvalue weighted by molar-refractivity contribution is 6.36. The van der Waals surface area contributed by atoms with Crippen LogP contribution in [0.4, 0.5) is 13.6 Å². The van der Waals surface area contributed by atoms with E-state index in [-0.39, 0.29) is 13.2 Å². The molecule has 2 aliphatic rings. The molecule has 0 radical (unpaired) electrons. The molecule has 6 nitrogen and oxygen atoms in total. The van der Waals surface area contributed by atoms with Crippen LogP contribution in [0.1, 0.15) is 39.7 Å². The van der Waals surface area contributed by atoms with Gasteiger partial charge >= 0.3 is 12.1 Å². The monoisotopic (exact) mass is 395 g/mol. The smallest absolute Gasteiger partial charge is 0.410 e. The number of Topliss-reactive ketones (excluding diaryl/α,β-unsaturated/α-hetero) is 1. The van der Waals surface area contributed by atoms with Crippen LogP contribution in [-0.4, -0.2) is 47.5 Å². The summed E-state index contributed by atoms with van der Waals surface area (Å²) in [4.78, 5) is 38.6. The third-order valence-corrected chi connectivity index (χ3v) is 5.11. The van der Waals surface area contributed by atoms with Crippen LogP contribution in [0, 0.1) is 17.6 Å². The molecule has 3 atom stereocenters. The van der Waals surface area contributed by atoms with E-state index in [1.807, 2.05) is 0 Å². The van der Waals surface area contributed by atoms with Crippen molar-refractivity contribution >= 4 is 17.8 Å². The molecule has 28 heavy (non-hydrogen) atoms. The molecule has 3 rings (SSSR count). The van der Waals surface area contributed by atoms with E-state index in [1.165, 1.54) is 17.0 Å². The van der Waals surface area contributed by atoms with Crippen LogP contribution in [0.3, 0.4) is 0 Å². The quantitative estimate of drug-likeness (QED) is 0.579. The zero-order chi connectivity index (χ0) is 20.9. The largest absolute Gasteiger partial charge is 0.460 e. The summed E-state index contributed by atoms with van der Waals surface area (Å²) in [6, 6.07) is 2.08. The van der Waals surface area contributed by atoms with Gasteiger partial charge in [-0.15, -0.1) is 0 Å². The number of ether oxygens (including phenoxy) is 2. The topological polar surface area (TPSA) is 72.9 Å². The van der Waals surface area contributed by atoms with Gasteiger partial charge in [0.05, 0.1) is 6.61 Å². The second-order valence-electron chi connectivity index (χ2n) is 8.26. The summed E-state index contributed by atoms with van der Waals surface area (Å²) >= 11 is 0. The SMILES string of the molecule is CCOC(=O)C(=O)[C@@H]1[C@H]2C[C@]2(c2cc(F)cc(F)c2)CN1C(=O)OC(C)(C)C. The van der Waals surface area contributed by atoms with Gasteiger partial charge in [-0.2, -0.15) is 0 Å². The molecule has 0 spiro atoms. The van der Waals surface area contributed by atoms with E-state index in [0.29, 0.717) is 12.0 Å². The minimum atomic E-state index is -1.08. The fourth-order valence-electron chi connectivity index (χ4n) is 3.96. The Bertz CT molecular complexity index is 814. The number of likely N-dealkylation sites (tertiary alicyclic amines) is 1. The Morgan fingerprint density at radius 2 is 1.79 bits per heavy atom. The minimum Gasteiger partial charge on any atom is -0.460 e. The number of fused-ring (bicyclic) bond motifs is 1. The maximum Gasteiger partial charge on any atom is 0.410 e. The average molecular weight is 395 g/mol. The first-order chi connectivity index (χ1) is 13.0. The lowest BCUT2D eigenvalue weighted by Crippen LogP contribution is -2.48. The lowest BCUT2D eigenvalue weighted by molar-refractivity contribution is -0.155. The normalized spacial score (nSPS) is 25.9. The van der Waals surface area contributed by atoms with Crippen molar-refractivity contribution in [1.82, 2.24) is 4.90 Å². The Morgan fingerprint density at radius 3 is 2.32 bits per heavy atom. The first-order valence-corrected chi connectivity index (χ1v) is 9.15. The standard InChI is InChI=1S/C20H23F2NO5/c1-5-27-17(25)16(24)15-14-9-20(14,11-6-12(21)8-13(22)7-11)10-23(15)18(26)28-19(2,3)4/h6-8,14-15H,5,9-10H2,1-4H3/t14-,15+,20-/m1/s1. The van der Waals surface area contributed by atoms with Crippen LogP contribution in [0.25, 0.3) is 0 Å². The average Bonchev–Trinajstić information content (AvgIpc) is 3.18. The number of nitrogens with zero attached hydrogens (tertiary/aromatic N) is 1. The summed E-state index contributed by atoms with van der Waals surface area (Å²) in [5.41, 5.74) is -1.23. The van der Waals surface area contributed by atoms with Gasteiger partial charge in [0.25, 0.3) is 5.78 Å². The highest BCUT2D eigenvalue weighted by Gasteiger charge is 2.69. The molecule has 1 aliphatic carbocycles. The van der Waals surface area contributed by atoms with Crippen molar-refractivity contribution < 1.29 is 32.6 Å². The predicted molar refractivity (Wildman–Crippen MR) is 94.5 cm³/mol. The third-order valence-electron chi connectivity index (χ3n) is 5.11. The van der Waals surface area contributed by atoms with Crippen LogP contribution in [0.15, 0.2) is 18.2 Å². The Hall–Kier alpha value is -2.51. The first kappa shape index (κ1) is 20.2. The van der Waals surface area contributed by atoms with Gasteiger partial charge in [-0.1, -0.05) is 0 Å². The molecule has 152 valence electrons. The summed E-state index contributed by atoms with van der Waals surface area (Å²) in [6.07, 6.45) is -0.316. The Balaban J connectivity index is 1.95. The summed E-state index contributed by atoms with van der Waals surface area (Å²) < 4.78 is 37.7. The number of piperidine rings is 1. The fourth-order valence-corrected chi connectivity index (χ4v) is 3.96. The molecule has 0 aromatic heterocycles. The number of carbonyl (C=O) groups excluding carboxylic acids is 3. The van der Waals surface area contributed by atoms with Gasteiger partial charge in [0, 0.05) is 18.0 Å². The van der Waals surface area contributed by atoms with E-state index in [0.717, 1.165) is 6.07 Å². The van der Waals surface area contributed by atoms with Gasteiger partial charge in [-0.3, -0.25) is 9.69 Å². The van der Waals surface area contributed by atoms with E-state index in [2.05, 4.69) is 0 Å². The van der Waals surface area contributed by atoms with Gasteiger partial charge < -0.3 is 9.47 Å². The molecule has 1 amide bonds. The van der Waals surface area contributed by atoms with Gasteiger partial charge in [0.1, 0.15) is 23.3 Å². The molecule has 1 saturated heterocycles. The van der Waals surface area contributed by atoms with Crippen LogP contribution >= 0.6 is 0 Å². The number of hydrogen-bond donors (Lipinski definition) is 0. The third kappa shape index (κ3) is 3.59. The molecule has 0 unspecified atom stereocenters. The zero-order valence-corrected chi connectivity index (χ0v) is 16.3. The van der Waals surface area contributed by atoms with Crippen LogP contribution < -0.4 is 0 Å². The van der Waals surface area contributed by atoms with Crippen LogP contribution in [0.5, 0.6) is 0 Å². The highest BCUT2D eigenvalue weighted by atomic mass is 19.1. The number of hydrogen-bond acceptors (Lipinski definition) is 5. The summed E-state index contributed by atoms with van der Waals surface area (Å²) in [5, 5.41) is 0. The van der Waals surface area contributed by atoms with Crippen molar-refractivity contribution in [2.24, 2.45) is 5.92 Å². The summed E-state index contributed by atoms with van der Waals surface area (Å²) in [7, 11) is 0. The van der Waals surface area contributed by atoms with Crippen molar-refractivity contribution in [3.63, 3.8) is 0 Å². The number of ketones is 1. The van der Waals surface area contributed by atoms with E-state index in [1.54, 1.807) is 27.7 Å². The maximum atomic E-state index is 13.7. The molecule has 1 aromatic carbocycles. The highest BCUT2D eigenvalue weighted by Crippen LogP contribution is 2.62. The van der Waals surface area contributed by atoms with Crippen molar-refractivity contribution in [2.75, 3.05) is 13.2 Å². The molecule has 1 aromatic rings. The summed E-state index contributed by atoms with van der Waals surface area (Å²) in [6.45, 7) is 6.67. The summed E-state index contributed by atoms with van der Waals surface area (Å²) in [5.74, 6) is -3.79. The van der Waals surface area contributed by atoms with E-state index in [4.69, 9.17) is 9.47 Å². The number of amides is 1. The number of esters is 1. The van der Waals surface area contributed by atoms with Gasteiger partial charge in [-0.25, -0.2) is 18.4 Å². The van der Waals surface area contributed by atoms with Crippen molar-refractivity contribution in [3.8, 4) is 0 Å². The second-order valence-corrected chi connectivity index (χ2v) is 8.26. The van der Waals surface area contributed by atoms with E-state index < -0.39 is 52.5 Å². The van der Waals surface area contributed by atoms with Crippen LogP contribution in [-0.2, 0) is 24.5 Å². The molecule has 1 aliphatic heterocycles. The predicted octanol–water partition coefficient (Wildman–Crippen LogP) is 2.97. The minimum absolute atomic E-state index is 0.0225. The Labute approximate surface area is 161 Å². The molecule has 2 fully saturated rings. The number of benzene rings is 1. The number of carbonyl (C=O) groups is 3. The van der Waals surface area contributed by atoms with Gasteiger partial charge in [-0.05, 0) is 57.7 Å². The lowest BCUT2D eigenvalue weighted by atomic mass is 9.93. The van der Waals surface area contributed by atoms with Crippen molar-refractivity contribution in [1.29, 1.82) is 0 Å². The second kappa shape index (κ2) is 6.83. The zero-order valence-electron chi connectivity index (χ0n) is 16.3. The fraction of sp³-hybridized carbons (Fsp3) is 0.550. The van der Waals surface area contributed by atoms with E-state index >= 15 is 0 Å². The Morgan fingerprint density at radius 1 is 1.18 bits per heavy atom. The molecule has 8 heteroatoms. The van der Waals surface area contributed by atoms with Crippen molar-refractivity contribution in [2.45, 2.75) is 51.2 Å². The molecule has 1 saturated carbocycles. The van der Waals surface area contributed by atoms with Crippen LogP contribution in [0.2, 0.25) is 0 Å². The Kier molecular flexibility index (Phi) is 4.93. The molecule has 0 N–H and O–H groups in total. The molecule has 1 heterocycles. The number of halogens is 2. The molecular weight excluding hydrogens is 372 g/mol. The van der Waals surface area contributed by atoms with Gasteiger partial charge in [0.15, 0.2) is 0 Å². The maximum absolute atomic E-state index is 13.7. The molecule has 0 bridgehead atoms. The number of rotatable bonds is 4. The first-order valence-electron chi connectivity index (χ1n) is 9.15. The lowest BCUT2D eigenvalue weighted by Gasteiger charge is -2.29.